The third-order valence-electron chi connectivity index (χ3n) is 6.54. The van der Waals surface area contributed by atoms with E-state index in [4.69, 9.17) is 4.74 Å². The highest BCUT2D eigenvalue weighted by atomic mass is 19.1. The van der Waals surface area contributed by atoms with Crippen LogP contribution in [0.5, 0.6) is 0 Å². The number of amides is 3. The Morgan fingerprint density at radius 3 is 2.21 bits per heavy atom. The Hall–Kier alpha value is -3.26. The molecule has 2 aromatic rings. The number of hydrogen-bond acceptors (Lipinski definition) is 4. The summed E-state index contributed by atoms with van der Waals surface area (Å²) < 4.78 is 18.6. The number of piperidine rings is 1. The molecule has 2 fully saturated rings. The zero-order chi connectivity index (χ0) is 23.9. The Labute approximate surface area is 198 Å². The fourth-order valence-electron chi connectivity index (χ4n) is 4.55. The van der Waals surface area contributed by atoms with E-state index in [0.29, 0.717) is 64.2 Å². The quantitative estimate of drug-likeness (QED) is 0.707. The highest BCUT2D eigenvalue weighted by Gasteiger charge is 2.36. The van der Waals surface area contributed by atoms with E-state index >= 15 is 0 Å². The standard InChI is InChI=1S/C26H30FN3O4/c27-22-8-6-21(7-9-22)25(32)28-24(26(33)30-14-16-34-17-15-30)20-10-12-29(13-11-20)23(31)18-19-4-2-1-3-5-19/h1-9,20,24H,10-18H2,(H,28,32). The van der Waals surface area contributed by atoms with Crippen molar-refractivity contribution in [1.82, 2.24) is 15.1 Å². The van der Waals surface area contributed by atoms with Crippen LogP contribution in [0.1, 0.15) is 28.8 Å². The number of rotatable bonds is 6. The number of likely N-dealkylation sites (tertiary alicyclic amines) is 1. The number of halogens is 1. The van der Waals surface area contributed by atoms with Crippen molar-refractivity contribution in [1.29, 1.82) is 0 Å². The van der Waals surface area contributed by atoms with E-state index in [1.807, 2.05) is 35.2 Å². The molecule has 180 valence electrons. The first kappa shape index (κ1) is 23.9. The Bertz CT molecular complexity index is 985. The van der Waals surface area contributed by atoms with Crippen molar-refractivity contribution in [2.75, 3.05) is 39.4 Å². The summed E-state index contributed by atoms with van der Waals surface area (Å²) in [5.41, 5.74) is 1.28. The molecule has 1 atom stereocenters. The molecule has 0 aliphatic carbocycles. The van der Waals surface area contributed by atoms with Crippen LogP contribution in [0.4, 0.5) is 4.39 Å². The van der Waals surface area contributed by atoms with Gasteiger partial charge >= 0.3 is 0 Å². The van der Waals surface area contributed by atoms with Gasteiger partial charge in [-0.15, -0.1) is 0 Å². The SMILES string of the molecule is O=C(NC(C(=O)N1CCOCC1)C1CCN(C(=O)Cc2ccccc2)CC1)c1ccc(F)cc1. The number of nitrogens with one attached hydrogen (secondary N) is 1. The molecular formula is C26H30FN3O4. The van der Waals surface area contributed by atoms with Crippen LogP contribution in [0, 0.1) is 11.7 Å². The lowest BCUT2D eigenvalue weighted by Gasteiger charge is -2.38. The molecule has 0 aromatic heterocycles. The summed E-state index contributed by atoms with van der Waals surface area (Å²) in [6, 6.07) is 14.2. The summed E-state index contributed by atoms with van der Waals surface area (Å²) >= 11 is 0. The Morgan fingerprint density at radius 1 is 0.912 bits per heavy atom. The Balaban J connectivity index is 1.42. The van der Waals surface area contributed by atoms with E-state index in [9.17, 15) is 18.8 Å². The van der Waals surface area contributed by atoms with Crippen molar-refractivity contribution in [2.24, 2.45) is 5.92 Å². The fraction of sp³-hybridized carbons (Fsp3) is 0.423. The van der Waals surface area contributed by atoms with Gasteiger partial charge in [0.25, 0.3) is 5.91 Å². The lowest BCUT2D eigenvalue weighted by Crippen LogP contribution is -2.56. The van der Waals surface area contributed by atoms with Crippen LogP contribution in [0.3, 0.4) is 0 Å². The van der Waals surface area contributed by atoms with Crippen LogP contribution in [0.25, 0.3) is 0 Å². The van der Waals surface area contributed by atoms with Gasteiger partial charge in [-0.2, -0.15) is 0 Å². The van der Waals surface area contributed by atoms with Crippen LogP contribution in [0.15, 0.2) is 54.6 Å². The van der Waals surface area contributed by atoms with Crippen LogP contribution >= 0.6 is 0 Å². The lowest BCUT2D eigenvalue weighted by molar-refractivity contribution is -0.139. The smallest absolute Gasteiger partial charge is 0.251 e. The number of morpholine rings is 1. The summed E-state index contributed by atoms with van der Waals surface area (Å²) in [7, 11) is 0. The van der Waals surface area contributed by atoms with E-state index in [-0.39, 0.29) is 17.7 Å². The normalized spacial score (nSPS) is 17.8. The van der Waals surface area contributed by atoms with Crippen LogP contribution in [-0.2, 0) is 20.7 Å². The van der Waals surface area contributed by atoms with Crippen molar-refractivity contribution < 1.29 is 23.5 Å². The summed E-state index contributed by atoms with van der Waals surface area (Å²) in [6.07, 6.45) is 1.58. The monoisotopic (exact) mass is 467 g/mol. The van der Waals surface area contributed by atoms with Gasteiger partial charge in [0.2, 0.25) is 11.8 Å². The van der Waals surface area contributed by atoms with Gasteiger partial charge in [0.15, 0.2) is 0 Å². The topological polar surface area (TPSA) is 79.0 Å². The van der Waals surface area contributed by atoms with Crippen molar-refractivity contribution >= 4 is 17.7 Å². The largest absolute Gasteiger partial charge is 0.378 e. The van der Waals surface area contributed by atoms with E-state index < -0.39 is 17.8 Å². The van der Waals surface area contributed by atoms with E-state index in [1.165, 1.54) is 24.3 Å². The average Bonchev–Trinajstić information content (AvgIpc) is 2.88. The molecule has 0 spiro atoms. The molecule has 2 aliphatic rings. The van der Waals surface area contributed by atoms with E-state index in [0.717, 1.165) is 5.56 Å². The molecule has 2 aromatic carbocycles. The average molecular weight is 468 g/mol. The van der Waals surface area contributed by atoms with Gasteiger partial charge < -0.3 is 19.9 Å². The molecule has 8 heteroatoms. The molecule has 4 rings (SSSR count). The van der Waals surface area contributed by atoms with Crippen molar-refractivity contribution in [3.63, 3.8) is 0 Å². The third kappa shape index (κ3) is 5.99. The Morgan fingerprint density at radius 2 is 1.56 bits per heavy atom. The highest BCUT2D eigenvalue weighted by molar-refractivity contribution is 5.97. The minimum Gasteiger partial charge on any atom is -0.378 e. The van der Waals surface area contributed by atoms with Crippen molar-refractivity contribution in [3.8, 4) is 0 Å². The maximum absolute atomic E-state index is 13.4. The maximum atomic E-state index is 13.4. The molecule has 2 heterocycles. The van der Waals surface area contributed by atoms with Gasteiger partial charge in [0.05, 0.1) is 19.6 Å². The molecular weight excluding hydrogens is 437 g/mol. The Kier molecular flexibility index (Phi) is 7.90. The molecule has 1 N–H and O–H groups in total. The van der Waals surface area contributed by atoms with E-state index in [1.54, 1.807) is 4.90 Å². The first-order valence-corrected chi connectivity index (χ1v) is 11.8. The predicted molar refractivity (Wildman–Crippen MR) is 125 cm³/mol. The summed E-state index contributed by atoms with van der Waals surface area (Å²) in [5.74, 6) is -0.997. The van der Waals surface area contributed by atoms with Crippen LogP contribution in [-0.4, -0.2) is 73.0 Å². The van der Waals surface area contributed by atoms with Gasteiger partial charge in [0.1, 0.15) is 11.9 Å². The molecule has 0 radical (unpaired) electrons. The molecule has 34 heavy (non-hydrogen) atoms. The number of nitrogens with zero attached hydrogens (tertiary/aromatic N) is 2. The second-order valence-corrected chi connectivity index (χ2v) is 8.78. The predicted octanol–water partition coefficient (Wildman–Crippen LogP) is 2.26. The third-order valence-corrected chi connectivity index (χ3v) is 6.54. The second kappa shape index (κ2) is 11.2. The molecule has 2 aliphatic heterocycles. The first-order chi connectivity index (χ1) is 16.5. The van der Waals surface area contributed by atoms with Gasteiger partial charge in [-0.1, -0.05) is 30.3 Å². The summed E-state index contributed by atoms with van der Waals surface area (Å²) in [5, 5.41) is 2.91. The minimum atomic E-state index is -0.706. The maximum Gasteiger partial charge on any atom is 0.251 e. The zero-order valence-electron chi connectivity index (χ0n) is 19.1. The molecule has 7 nitrogen and oxygen atoms in total. The number of carbonyl (C=O) groups excluding carboxylic acids is 3. The zero-order valence-corrected chi connectivity index (χ0v) is 19.1. The van der Waals surface area contributed by atoms with Crippen LogP contribution < -0.4 is 5.32 Å². The lowest BCUT2D eigenvalue weighted by atomic mass is 9.87. The molecule has 2 saturated heterocycles. The molecule has 0 bridgehead atoms. The first-order valence-electron chi connectivity index (χ1n) is 11.8. The van der Waals surface area contributed by atoms with E-state index in [2.05, 4.69) is 5.32 Å². The number of ether oxygens (including phenoxy) is 1. The second-order valence-electron chi connectivity index (χ2n) is 8.78. The van der Waals surface area contributed by atoms with Gasteiger partial charge in [0, 0.05) is 31.7 Å². The van der Waals surface area contributed by atoms with Gasteiger partial charge in [-0.25, -0.2) is 4.39 Å². The summed E-state index contributed by atoms with van der Waals surface area (Å²) in [4.78, 5) is 42.6. The van der Waals surface area contributed by atoms with Crippen molar-refractivity contribution in [3.05, 3.63) is 71.5 Å². The van der Waals surface area contributed by atoms with Crippen LogP contribution in [0.2, 0.25) is 0 Å². The number of benzene rings is 2. The number of hydrogen-bond donors (Lipinski definition) is 1. The fourth-order valence-corrected chi connectivity index (χ4v) is 4.55. The van der Waals surface area contributed by atoms with Gasteiger partial charge in [-0.3, -0.25) is 14.4 Å². The number of carbonyl (C=O) groups is 3. The minimum absolute atomic E-state index is 0.0658. The van der Waals surface area contributed by atoms with Crippen molar-refractivity contribution in [2.45, 2.75) is 25.3 Å². The molecule has 3 amide bonds. The molecule has 1 unspecified atom stereocenters. The molecule has 0 saturated carbocycles. The highest BCUT2D eigenvalue weighted by Crippen LogP contribution is 2.24. The van der Waals surface area contributed by atoms with Gasteiger partial charge in [-0.05, 0) is 48.6 Å². The summed E-state index contributed by atoms with van der Waals surface area (Å²) in [6.45, 7) is 2.98.